The molecule has 0 radical (unpaired) electrons. The lowest BCUT2D eigenvalue weighted by Crippen LogP contribution is -2.26. The Labute approximate surface area is 135 Å². The minimum Gasteiger partial charge on any atom is -0.486 e. The van der Waals surface area contributed by atoms with Gasteiger partial charge in [0.05, 0.1) is 0 Å². The molecule has 6 heteroatoms. The number of fused-ring (bicyclic) bond motifs is 1. The highest BCUT2D eigenvalue weighted by Gasteiger charge is 2.13. The van der Waals surface area contributed by atoms with Crippen LogP contribution in [0, 0.1) is 11.3 Å². The lowest BCUT2D eigenvalue weighted by Gasteiger charge is -2.18. The van der Waals surface area contributed by atoms with E-state index >= 15 is 0 Å². The number of benzene rings is 1. The second-order valence-corrected chi connectivity index (χ2v) is 4.88. The van der Waals surface area contributed by atoms with Crippen LogP contribution in [0.1, 0.15) is 18.9 Å². The van der Waals surface area contributed by atoms with Crippen molar-refractivity contribution in [1.29, 1.82) is 5.26 Å². The van der Waals surface area contributed by atoms with Gasteiger partial charge in [0, 0.05) is 19.8 Å². The molecule has 0 saturated carbocycles. The van der Waals surface area contributed by atoms with Crippen LogP contribution in [-0.2, 0) is 9.53 Å². The molecule has 1 aliphatic rings. The molecule has 0 bridgehead atoms. The number of hydrogen-bond acceptors (Lipinski definition) is 5. The largest absolute Gasteiger partial charge is 0.486 e. The normalized spacial score (nSPS) is 13.3. The van der Waals surface area contributed by atoms with Gasteiger partial charge in [0.15, 0.2) is 11.5 Å². The van der Waals surface area contributed by atoms with Gasteiger partial charge in [-0.1, -0.05) is 6.07 Å². The van der Waals surface area contributed by atoms with E-state index in [1.54, 1.807) is 18.2 Å². The van der Waals surface area contributed by atoms with E-state index in [2.05, 4.69) is 5.32 Å². The van der Waals surface area contributed by atoms with Crippen LogP contribution in [-0.4, -0.2) is 38.9 Å². The van der Waals surface area contributed by atoms with Gasteiger partial charge in [-0.25, -0.2) is 0 Å². The quantitative estimate of drug-likeness (QED) is 0.472. The van der Waals surface area contributed by atoms with E-state index in [0.29, 0.717) is 50.9 Å². The third-order valence-electron chi connectivity index (χ3n) is 3.20. The van der Waals surface area contributed by atoms with Crippen LogP contribution in [0.5, 0.6) is 11.5 Å². The van der Waals surface area contributed by atoms with Gasteiger partial charge in [-0.2, -0.15) is 5.26 Å². The van der Waals surface area contributed by atoms with Crippen LogP contribution in [0.4, 0.5) is 0 Å². The Morgan fingerprint density at radius 2 is 2.17 bits per heavy atom. The average molecular weight is 316 g/mol. The predicted molar refractivity (Wildman–Crippen MR) is 85.1 cm³/mol. The van der Waals surface area contributed by atoms with Gasteiger partial charge in [0.1, 0.15) is 24.9 Å². The van der Waals surface area contributed by atoms with Crippen LogP contribution >= 0.6 is 0 Å². The Bertz CT molecular complexity index is 620. The van der Waals surface area contributed by atoms with Crippen molar-refractivity contribution < 1.29 is 19.0 Å². The van der Waals surface area contributed by atoms with E-state index < -0.39 is 0 Å². The highest BCUT2D eigenvalue weighted by atomic mass is 16.6. The van der Waals surface area contributed by atoms with Crippen molar-refractivity contribution >= 4 is 12.0 Å². The molecule has 1 amide bonds. The van der Waals surface area contributed by atoms with Crippen molar-refractivity contribution in [2.24, 2.45) is 0 Å². The summed E-state index contributed by atoms with van der Waals surface area (Å²) in [7, 11) is 0. The number of ether oxygens (including phenoxy) is 3. The van der Waals surface area contributed by atoms with Gasteiger partial charge in [0.25, 0.3) is 5.91 Å². The first-order chi connectivity index (χ1) is 11.2. The van der Waals surface area contributed by atoms with E-state index in [1.807, 2.05) is 13.0 Å². The Morgan fingerprint density at radius 3 is 2.91 bits per heavy atom. The maximum absolute atomic E-state index is 12.0. The number of amides is 1. The molecule has 0 aliphatic carbocycles. The van der Waals surface area contributed by atoms with Crippen LogP contribution < -0.4 is 14.8 Å². The predicted octanol–water partition coefficient (Wildman–Crippen LogP) is 1.91. The minimum absolute atomic E-state index is 0.0538. The maximum Gasteiger partial charge on any atom is 0.261 e. The van der Waals surface area contributed by atoms with Gasteiger partial charge in [-0.05, 0) is 37.1 Å². The molecule has 0 fully saturated rings. The number of hydrogen-bond donors (Lipinski definition) is 1. The number of carbonyl (C=O) groups is 1. The molecule has 0 atom stereocenters. The zero-order valence-corrected chi connectivity index (χ0v) is 13.1. The summed E-state index contributed by atoms with van der Waals surface area (Å²) in [4.78, 5) is 12.0. The highest BCUT2D eigenvalue weighted by molar-refractivity contribution is 6.01. The summed E-state index contributed by atoms with van der Waals surface area (Å²) in [5.74, 6) is 0.908. The standard InChI is InChI=1S/C17H20N2O4/c1-2-21-7-3-6-19-17(20)14(12-18)10-13-4-5-15-16(11-13)23-9-8-22-15/h4-5,10-11H,2-3,6-9H2,1H3,(H,19,20)/b14-10-. The fourth-order valence-corrected chi connectivity index (χ4v) is 2.08. The van der Waals surface area contributed by atoms with E-state index in [-0.39, 0.29) is 11.5 Å². The molecule has 0 aromatic heterocycles. The van der Waals surface area contributed by atoms with Crippen LogP contribution in [0.25, 0.3) is 6.08 Å². The van der Waals surface area contributed by atoms with Crippen molar-refractivity contribution in [1.82, 2.24) is 5.32 Å². The molecule has 0 unspecified atom stereocenters. The van der Waals surface area contributed by atoms with Gasteiger partial charge >= 0.3 is 0 Å². The lowest BCUT2D eigenvalue weighted by molar-refractivity contribution is -0.117. The first kappa shape index (κ1) is 16.8. The topological polar surface area (TPSA) is 80.6 Å². The molecular formula is C17H20N2O4. The second kappa shape index (κ2) is 8.81. The van der Waals surface area contributed by atoms with Gasteiger partial charge in [-0.15, -0.1) is 0 Å². The monoisotopic (exact) mass is 316 g/mol. The summed E-state index contributed by atoms with van der Waals surface area (Å²) < 4.78 is 16.1. The van der Waals surface area contributed by atoms with Gasteiger partial charge in [0.2, 0.25) is 0 Å². The summed E-state index contributed by atoms with van der Waals surface area (Å²) in [5, 5.41) is 11.9. The number of nitrogens with one attached hydrogen (secondary N) is 1. The molecule has 2 rings (SSSR count). The van der Waals surface area contributed by atoms with Gasteiger partial charge < -0.3 is 19.5 Å². The molecule has 0 saturated heterocycles. The number of rotatable bonds is 7. The van der Waals surface area contributed by atoms with E-state index in [0.717, 1.165) is 5.56 Å². The summed E-state index contributed by atoms with van der Waals surface area (Å²) in [6.45, 7) is 4.65. The SMILES string of the molecule is CCOCCCNC(=O)/C(C#N)=C\c1ccc2c(c1)OCCO2. The fraction of sp³-hybridized carbons (Fsp3) is 0.412. The molecule has 23 heavy (non-hydrogen) atoms. The maximum atomic E-state index is 12.0. The Morgan fingerprint density at radius 1 is 1.39 bits per heavy atom. The van der Waals surface area contributed by atoms with Crippen molar-refractivity contribution in [2.45, 2.75) is 13.3 Å². The van der Waals surface area contributed by atoms with Crippen LogP contribution in [0.2, 0.25) is 0 Å². The Hall–Kier alpha value is -2.52. The smallest absolute Gasteiger partial charge is 0.261 e. The summed E-state index contributed by atoms with van der Waals surface area (Å²) in [6, 6.07) is 7.24. The molecule has 0 spiro atoms. The van der Waals surface area contributed by atoms with E-state index in [4.69, 9.17) is 14.2 Å². The Kier molecular flexibility index (Phi) is 6.45. The molecular weight excluding hydrogens is 296 g/mol. The molecule has 1 aromatic rings. The Balaban J connectivity index is 1.98. The zero-order valence-electron chi connectivity index (χ0n) is 13.1. The second-order valence-electron chi connectivity index (χ2n) is 4.88. The summed E-state index contributed by atoms with van der Waals surface area (Å²) in [6.07, 6.45) is 2.25. The minimum atomic E-state index is -0.390. The molecule has 1 heterocycles. The first-order valence-corrected chi connectivity index (χ1v) is 7.62. The van der Waals surface area contributed by atoms with Crippen molar-refractivity contribution in [3.05, 3.63) is 29.3 Å². The van der Waals surface area contributed by atoms with Crippen molar-refractivity contribution in [2.75, 3.05) is 33.0 Å². The summed E-state index contributed by atoms with van der Waals surface area (Å²) >= 11 is 0. The first-order valence-electron chi connectivity index (χ1n) is 7.62. The average Bonchev–Trinajstić information content (AvgIpc) is 2.59. The molecule has 1 aromatic carbocycles. The van der Waals surface area contributed by atoms with Crippen LogP contribution in [0.3, 0.4) is 0 Å². The molecule has 1 N–H and O–H groups in total. The van der Waals surface area contributed by atoms with E-state index in [9.17, 15) is 10.1 Å². The van der Waals surface area contributed by atoms with E-state index in [1.165, 1.54) is 6.08 Å². The van der Waals surface area contributed by atoms with Crippen molar-refractivity contribution in [3.63, 3.8) is 0 Å². The van der Waals surface area contributed by atoms with Crippen molar-refractivity contribution in [3.8, 4) is 17.6 Å². The number of nitrogens with zero attached hydrogens (tertiary/aromatic N) is 1. The zero-order chi connectivity index (χ0) is 16.5. The van der Waals surface area contributed by atoms with Gasteiger partial charge in [-0.3, -0.25) is 4.79 Å². The molecule has 122 valence electrons. The fourth-order valence-electron chi connectivity index (χ4n) is 2.08. The number of carbonyl (C=O) groups excluding carboxylic acids is 1. The third-order valence-corrected chi connectivity index (χ3v) is 3.20. The molecule has 1 aliphatic heterocycles. The van der Waals surface area contributed by atoms with Crippen LogP contribution in [0.15, 0.2) is 23.8 Å². The third kappa shape index (κ3) is 5.01. The number of nitriles is 1. The lowest BCUT2D eigenvalue weighted by atomic mass is 10.1. The highest BCUT2D eigenvalue weighted by Crippen LogP contribution is 2.31. The molecule has 6 nitrogen and oxygen atoms in total. The summed E-state index contributed by atoms with van der Waals surface area (Å²) in [5.41, 5.74) is 0.772.